The minimum absolute atomic E-state index is 0.278. The molecule has 3 heteroatoms. The van der Waals surface area contributed by atoms with Crippen LogP contribution >= 0.6 is 0 Å². The van der Waals surface area contributed by atoms with Crippen LogP contribution in [0.2, 0.25) is 0 Å². The van der Waals surface area contributed by atoms with Gasteiger partial charge in [-0.15, -0.1) is 0 Å². The van der Waals surface area contributed by atoms with Gasteiger partial charge in [-0.3, -0.25) is 4.79 Å². The Morgan fingerprint density at radius 1 is 1.28 bits per heavy atom. The fraction of sp³-hybridized carbons (Fsp3) is 0.533. The third-order valence-corrected chi connectivity index (χ3v) is 3.83. The lowest BCUT2D eigenvalue weighted by atomic mass is 10.1. The second kappa shape index (κ2) is 5.11. The van der Waals surface area contributed by atoms with Gasteiger partial charge < -0.3 is 9.64 Å². The Labute approximate surface area is 108 Å². The van der Waals surface area contributed by atoms with Gasteiger partial charge in [-0.25, -0.2) is 0 Å². The summed E-state index contributed by atoms with van der Waals surface area (Å²) in [7, 11) is 0. The van der Waals surface area contributed by atoms with E-state index in [1.165, 1.54) is 6.42 Å². The largest absolute Gasteiger partial charge is 0.376 e. The molecule has 1 fully saturated rings. The van der Waals surface area contributed by atoms with Crippen LogP contribution in [0.3, 0.4) is 0 Å². The molecule has 0 amide bonds. The molecule has 3 rings (SSSR count). The van der Waals surface area contributed by atoms with Gasteiger partial charge in [-0.05, 0) is 31.4 Å². The van der Waals surface area contributed by atoms with Crippen LogP contribution in [0, 0.1) is 0 Å². The van der Waals surface area contributed by atoms with Crippen LogP contribution in [0.5, 0.6) is 0 Å². The predicted octanol–water partition coefficient (Wildman–Crippen LogP) is 2.65. The fourth-order valence-corrected chi connectivity index (χ4v) is 2.89. The Hall–Kier alpha value is -1.35. The van der Waals surface area contributed by atoms with Crippen molar-refractivity contribution in [2.75, 3.05) is 24.6 Å². The molecule has 0 aromatic heterocycles. The van der Waals surface area contributed by atoms with Crippen LogP contribution in [0.15, 0.2) is 24.3 Å². The van der Waals surface area contributed by atoms with Crippen LogP contribution < -0.4 is 4.90 Å². The van der Waals surface area contributed by atoms with E-state index in [-0.39, 0.29) is 5.78 Å². The second-order valence-corrected chi connectivity index (χ2v) is 5.12. The lowest BCUT2D eigenvalue weighted by Gasteiger charge is -2.27. The van der Waals surface area contributed by atoms with Crippen LogP contribution in [0.1, 0.15) is 36.0 Å². The highest BCUT2D eigenvalue weighted by Crippen LogP contribution is 2.27. The molecule has 3 nitrogen and oxygen atoms in total. The van der Waals surface area contributed by atoms with E-state index in [0.29, 0.717) is 12.5 Å². The summed E-state index contributed by atoms with van der Waals surface area (Å²) in [5.41, 5.74) is 1.98. The lowest BCUT2D eigenvalue weighted by molar-refractivity contribution is 0.0984. The molecule has 0 aliphatic carbocycles. The molecule has 1 saturated heterocycles. The second-order valence-electron chi connectivity index (χ2n) is 5.12. The van der Waals surface area contributed by atoms with Crippen molar-refractivity contribution in [3.63, 3.8) is 0 Å². The van der Waals surface area contributed by atoms with Gasteiger partial charge in [-0.2, -0.15) is 0 Å². The topological polar surface area (TPSA) is 29.5 Å². The number of carbonyl (C=O) groups excluding carboxylic acids is 1. The highest BCUT2D eigenvalue weighted by molar-refractivity contribution is 6.01. The third-order valence-electron chi connectivity index (χ3n) is 3.83. The molecule has 0 spiro atoms. The van der Waals surface area contributed by atoms with Gasteiger partial charge in [0.05, 0.1) is 6.10 Å². The van der Waals surface area contributed by atoms with E-state index in [0.717, 1.165) is 43.8 Å². The number of rotatable bonds is 2. The maximum absolute atomic E-state index is 12.0. The van der Waals surface area contributed by atoms with Crippen molar-refractivity contribution < 1.29 is 9.53 Å². The summed E-state index contributed by atoms with van der Waals surface area (Å²) < 4.78 is 5.71. The van der Waals surface area contributed by atoms with Crippen molar-refractivity contribution in [1.29, 1.82) is 0 Å². The number of Topliss-reactive ketones (excluding diaryl/α,β-unsaturated/α-hetero) is 1. The monoisotopic (exact) mass is 245 g/mol. The minimum atomic E-state index is 0.278. The smallest absolute Gasteiger partial charge is 0.165 e. The van der Waals surface area contributed by atoms with E-state index >= 15 is 0 Å². The highest BCUT2D eigenvalue weighted by atomic mass is 16.5. The van der Waals surface area contributed by atoms with Gasteiger partial charge in [0.15, 0.2) is 5.78 Å². The summed E-state index contributed by atoms with van der Waals surface area (Å²) in [5.74, 6) is 0.278. The molecule has 1 unspecified atom stereocenters. The van der Waals surface area contributed by atoms with Crippen molar-refractivity contribution in [1.82, 2.24) is 0 Å². The molecule has 2 heterocycles. The van der Waals surface area contributed by atoms with Crippen LogP contribution in [-0.4, -0.2) is 31.6 Å². The summed E-state index contributed by atoms with van der Waals surface area (Å²) in [5, 5.41) is 0. The van der Waals surface area contributed by atoms with Crippen molar-refractivity contribution in [2.24, 2.45) is 0 Å². The number of hydrogen-bond acceptors (Lipinski definition) is 3. The standard InChI is InChI=1S/C15H19NO2/c17-15-8-3-9-16(11-12-5-4-10-18-12)14-7-2-1-6-13(14)15/h1-2,6-7,12H,3-5,8-11H2. The van der Waals surface area contributed by atoms with Crippen molar-refractivity contribution in [3.8, 4) is 0 Å². The Bertz CT molecular complexity index is 438. The Morgan fingerprint density at radius 2 is 2.17 bits per heavy atom. The van der Waals surface area contributed by atoms with Gasteiger partial charge in [0.1, 0.15) is 0 Å². The van der Waals surface area contributed by atoms with E-state index in [1.54, 1.807) is 0 Å². The van der Waals surface area contributed by atoms with Crippen LogP contribution in [-0.2, 0) is 4.74 Å². The van der Waals surface area contributed by atoms with E-state index in [9.17, 15) is 4.79 Å². The molecule has 0 radical (unpaired) electrons. The first-order valence-corrected chi connectivity index (χ1v) is 6.83. The third kappa shape index (κ3) is 2.27. The van der Waals surface area contributed by atoms with E-state index in [2.05, 4.69) is 11.0 Å². The van der Waals surface area contributed by atoms with Gasteiger partial charge in [-0.1, -0.05) is 12.1 Å². The molecule has 1 aromatic carbocycles. The van der Waals surface area contributed by atoms with Crippen molar-refractivity contribution >= 4 is 11.5 Å². The maximum atomic E-state index is 12.0. The molecule has 96 valence electrons. The van der Waals surface area contributed by atoms with Crippen LogP contribution in [0.25, 0.3) is 0 Å². The van der Waals surface area contributed by atoms with Gasteiger partial charge in [0, 0.05) is 37.4 Å². The molecule has 0 bridgehead atoms. The number of ether oxygens (including phenoxy) is 1. The highest BCUT2D eigenvalue weighted by Gasteiger charge is 2.24. The van der Waals surface area contributed by atoms with E-state index in [1.807, 2.05) is 18.2 Å². The normalized spacial score (nSPS) is 23.9. The van der Waals surface area contributed by atoms with Gasteiger partial charge >= 0.3 is 0 Å². The number of ketones is 1. The van der Waals surface area contributed by atoms with Gasteiger partial charge in [0.2, 0.25) is 0 Å². The molecule has 0 saturated carbocycles. The van der Waals surface area contributed by atoms with E-state index in [4.69, 9.17) is 4.74 Å². The number of carbonyl (C=O) groups is 1. The number of para-hydroxylation sites is 1. The molecule has 2 aliphatic rings. The van der Waals surface area contributed by atoms with Crippen molar-refractivity contribution in [2.45, 2.75) is 31.8 Å². The summed E-state index contributed by atoms with van der Waals surface area (Å²) in [4.78, 5) is 14.4. The maximum Gasteiger partial charge on any atom is 0.165 e. The number of anilines is 1. The molecular formula is C15H19NO2. The molecular weight excluding hydrogens is 226 g/mol. The Kier molecular flexibility index (Phi) is 3.33. The first-order valence-electron chi connectivity index (χ1n) is 6.83. The average molecular weight is 245 g/mol. The molecule has 2 aliphatic heterocycles. The fourth-order valence-electron chi connectivity index (χ4n) is 2.89. The summed E-state index contributed by atoms with van der Waals surface area (Å²) >= 11 is 0. The quantitative estimate of drug-likeness (QED) is 0.802. The van der Waals surface area contributed by atoms with Gasteiger partial charge in [0.25, 0.3) is 0 Å². The SMILES string of the molecule is O=C1CCCN(CC2CCCO2)c2ccccc21. The molecule has 1 atom stereocenters. The first kappa shape index (κ1) is 11.7. The summed E-state index contributed by atoms with van der Waals surface area (Å²) in [6.07, 6.45) is 4.26. The van der Waals surface area contributed by atoms with E-state index < -0.39 is 0 Å². The molecule has 18 heavy (non-hydrogen) atoms. The zero-order chi connectivity index (χ0) is 12.4. The average Bonchev–Trinajstić information content (AvgIpc) is 2.85. The van der Waals surface area contributed by atoms with Crippen LogP contribution in [0.4, 0.5) is 5.69 Å². The number of hydrogen-bond donors (Lipinski definition) is 0. The summed E-state index contributed by atoms with van der Waals surface area (Å²) in [6, 6.07) is 7.98. The molecule has 0 N–H and O–H groups in total. The zero-order valence-corrected chi connectivity index (χ0v) is 10.6. The first-order chi connectivity index (χ1) is 8.84. The zero-order valence-electron chi connectivity index (χ0n) is 10.6. The number of benzene rings is 1. The number of fused-ring (bicyclic) bond motifs is 1. The predicted molar refractivity (Wildman–Crippen MR) is 71.2 cm³/mol. The summed E-state index contributed by atoms with van der Waals surface area (Å²) in [6.45, 7) is 2.77. The lowest BCUT2D eigenvalue weighted by Crippen LogP contribution is -2.32. The molecule has 1 aromatic rings. The number of nitrogens with zero attached hydrogens (tertiary/aromatic N) is 1. The Morgan fingerprint density at radius 3 is 3.00 bits per heavy atom. The van der Waals surface area contributed by atoms with Crippen molar-refractivity contribution in [3.05, 3.63) is 29.8 Å². The minimum Gasteiger partial charge on any atom is -0.376 e. The Balaban J connectivity index is 1.85.